The van der Waals surface area contributed by atoms with Crippen molar-refractivity contribution in [2.24, 2.45) is 11.8 Å². The smallest absolute Gasteiger partial charge is 0.306 e. The van der Waals surface area contributed by atoms with Crippen LogP contribution in [0.2, 0.25) is 0 Å². The van der Waals surface area contributed by atoms with Crippen molar-refractivity contribution in [1.82, 2.24) is 0 Å². The van der Waals surface area contributed by atoms with Crippen molar-refractivity contribution in [3.8, 4) is 0 Å². The Morgan fingerprint density at radius 3 is 2.25 bits per heavy atom. The molecule has 11 aliphatic rings. The summed E-state index contributed by atoms with van der Waals surface area (Å²) >= 11 is 0. The van der Waals surface area contributed by atoms with Crippen LogP contribution < -0.4 is 0 Å². The summed E-state index contributed by atoms with van der Waals surface area (Å²) in [6.07, 6.45) is 8.59. The first kappa shape index (κ1) is 44.9. The summed E-state index contributed by atoms with van der Waals surface area (Å²) in [6, 6.07) is 0. The van der Waals surface area contributed by atoms with E-state index in [0.29, 0.717) is 63.4 Å². The Balaban J connectivity index is 0.774. The lowest BCUT2D eigenvalue weighted by Gasteiger charge is -2.60. The highest BCUT2D eigenvalue weighted by Crippen LogP contribution is 2.55. The summed E-state index contributed by atoms with van der Waals surface area (Å²) in [5, 5.41) is 21.0. The molecule has 64 heavy (non-hydrogen) atoms. The number of hydrogen-bond acceptors (Lipinski definition) is 14. The van der Waals surface area contributed by atoms with E-state index in [-0.39, 0.29) is 122 Å². The van der Waals surface area contributed by atoms with Gasteiger partial charge in [0.15, 0.2) is 0 Å². The lowest BCUT2D eigenvalue weighted by Crippen LogP contribution is -2.70. The molecule has 0 aromatic carbocycles. The maximum atomic E-state index is 12.3. The molecule has 0 spiro atoms. The van der Waals surface area contributed by atoms with Crippen LogP contribution in [0.1, 0.15) is 132 Å². The summed E-state index contributed by atoms with van der Waals surface area (Å²) in [7, 11) is 0. The van der Waals surface area contributed by atoms with Gasteiger partial charge in [0.2, 0.25) is 0 Å². The normalized spacial score (nSPS) is 58.3. The zero-order valence-corrected chi connectivity index (χ0v) is 39.0. The summed E-state index contributed by atoms with van der Waals surface area (Å²) in [5.41, 5.74) is -2.51. The second-order valence-corrected chi connectivity index (χ2v) is 23.2. The zero-order valence-electron chi connectivity index (χ0n) is 39.0. The number of ether oxygens (including phenoxy) is 11. The van der Waals surface area contributed by atoms with Gasteiger partial charge in [-0.15, -0.1) is 0 Å². The van der Waals surface area contributed by atoms with Gasteiger partial charge in [-0.05, 0) is 84.1 Å². The van der Waals surface area contributed by atoms with Gasteiger partial charge >= 0.3 is 5.97 Å². The van der Waals surface area contributed by atoms with Crippen LogP contribution in [-0.2, 0) is 56.9 Å². The largest absolute Gasteiger partial charge is 0.459 e. The molecule has 2 N–H and O–H groups in total. The van der Waals surface area contributed by atoms with Gasteiger partial charge in [0.05, 0.1) is 127 Å². The SMILES string of the molecule is C=C(CO)C[C@@H]1C[C@H](O)[C@]2(C)O[C@@H]3C[C@@H]4O[C@@H]5C[C@]6(C)O[C@]7(C)CC[C@@H]8O[C@@H]9C[C@]%10(C)O[C@@H]%11C(C)CC(=O)O[C@H]%11C[C@H]%10O[C@H]9C[C@@H](C)[C@H]8O[C@H]7C[C@H]6O[C@@]5(C)C/C=C\[C@H]4O[C@H]3C[C@H]2O1. The van der Waals surface area contributed by atoms with Crippen molar-refractivity contribution >= 4 is 5.97 Å². The second-order valence-electron chi connectivity index (χ2n) is 23.2. The van der Waals surface area contributed by atoms with E-state index in [9.17, 15) is 15.0 Å². The molecule has 10 saturated heterocycles. The Morgan fingerprint density at radius 2 is 1.44 bits per heavy atom. The van der Waals surface area contributed by atoms with Crippen molar-refractivity contribution in [3.63, 3.8) is 0 Å². The van der Waals surface area contributed by atoms with Crippen molar-refractivity contribution in [2.75, 3.05) is 6.61 Å². The minimum Gasteiger partial charge on any atom is -0.459 e. The average molecular weight is 899 g/mol. The number of carbonyl (C=O) groups excluding carboxylic acids is 1. The molecule has 0 amide bonds. The van der Waals surface area contributed by atoms with Gasteiger partial charge in [-0.2, -0.15) is 0 Å². The molecule has 0 bridgehead atoms. The van der Waals surface area contributed by atoms with Crippen LogP contribution >= 0.6 is 0 Å². The minimum absolute atomic E-state index is 0.0934. The van der Waals surface area contributed by atoms with E-state index in [1.54, 1.807) is 0 Å². The van der Waals surface area contributed by atoms with Gasteiger partial charge < -0.3 is 62.3 Å². The predicted molar refractivity (Wildman–Crippen MR) is 229 cm³/mol. The molecule has 11 aliphatic heterocycles. The molecule has 14 heteroatoms. The molecule has 0 aromatic heterocycles. The number of esters is 1. The number of hydrogen-bond donors (Lipinski definition) is 2. The van der Waals surface area contributed by atoms with E-state index < -0.39 is 34.1 Å². The van der Waals surface area contributed by atoms with Crippen LogP contribution in [0.5, 0.6) is 0 Å². The predicted octanol–water partition coefficient (Wildman–Crippen LogP) is 5.35. The third kappa shape index (κ3) is 7.54. The first-order valence-corrected chi connectivity index (χ1v) is 24.8. The van der Waals surface area contributed by atoms with Gasteiger partial charge in [0, 0.05) is 44.9 Å². The minimum atomic E-state index is -0.884. The van der Waals surface area contributed by atoms with E-state index >= 15 is 0 Å². The molecule has 0 saturated carbocycles. The molecule has 11 heterocycles. The van der Waals surface area contributed by atoms with Crippen LogP contribution in [0.25, 0.3) is 0 Å². The van der Waals surface area contributed by atoms with Crippen LogP contribution in [-0.4, -0.2) is 155 Å². The summed E-state index contributed by atoms with van der Waals surface area (Å²) in [5.74, 6) is 0.124. The molecule has 11 rings (SSSR count). The van der Waals surface area contributed by atoms with Crippen LogP contribution in [0.4, 0.5) is 0 Å². The molecule has 0 aliphatic carbocycles. The first-order chi connectivity index (χ1) is 30.4. The van der Waals surface area contributed by atoms with Crippen LogP contribution in [0, 0.1) is 11.8 Å². The van der Waals surface area contributed by atoms with E-state index in [1.165, 1.54) is 0 Å². The number of rotatable bonds is 3. The summed E-state index contributed by atoms with van der Waals surface area (Å²) in [6.45, 7) is 18.9. The van der Waals surface area contributed by atoms with Crippen molar-refractivity contribution in [2.45, 2.75) is 264 Å². The van der Waals surface area contributed by atoms with E-state index in [2.05, 4.69) is 60.3 Å². The monoisotopic (exact) mass is 899 g/mol. The standard InChI is InChI=1S/C50H74O14/c1-25(24-51)14-28-17-37(52)50(8)41(54-28)19-33-34(61-50)18-32-29(55-33)10-9-12-46(4)42(58-32)23-49(7)40(62-46)21-39-47(5,64-49)13-11-30-44(60-39)26(2)15-31-36(56-30)22-48(6)38(57-31)20-35-45(63-48)27(3)16-43(53)59-35/h9-10,26-42,44-45,51-52H,1,11-24H2,2-8H3/b10-9-/t26-,27?,28-,29-,30+,31+,32+,33+,34-,35+,36-,37+,38-,39+,40-,41-,42-,44-,45-,46+,47-,48+,49+,50+/m1/s1. The first-order valence-electron chi connectivity index (χ1n) is 24.8. The highest BCUT2D eigenvalue weighted by Gasteiger charge is 2.64. The fourth-order valence-corrected chi connectivity index (χ4v) is 14.3. The molecule has 24 atom stereocenters. The number of aliphatic hydroxyl groups is 2. The highest BCUT2D eigenvalue weighted by atomic mass is 16.7. The van der Waals surface area contributed by atoms with Gasteiger partial charge in [-0.25, -0.2) is 0 Å². The van der Waals surface area contributed by atoms with Crippen molar-refractivity contribution in [1.29, 1.82) is 0 Å². The second kappa shape index (κ2) is 16.0. The summed E-state index contributed by atoms with van der Waals surface area (Å²) < 4.78 is 75.9. The molecule has 0 aromatic rings. The molecular weight excluding hydrogens is 825 g/mol. The van der Waals surface area contributed by atoms with Crippen LogP contribution in [0.15, 0.2) is 24.3 Å². The Kier molecular flexibility index (Phi) is 11.2. The lowest BCUT2D eigenvalue weighted by atomic mass is 9.72. The number of carbonyl (C=O) groups is 1. The van der Waals surface area contributed by atoms with E-state index in [4.69, 9.17) is 52.1 Å². The maximum absolute atomic E-state index is 12.3. The Bertz CT molecular complexity index is 1850. The fraction of sp³-hybridized carbons (Fsp3) is 0.900. The Morgan fingerprint density at radius 1 is 0.672 bits per heavy atom. The molecule has 14 nitrogen and oxygen atoms in total. The number of fused-ring (bicyclic) bond motifs is 10. The van der Waals surface area contributed by atoms with Gasteiger partial charge in [0.1, 0.15) is 17.8 Å². The molecule has 0 radical (unpaired) electrons. The fourth-order valence-electron chi connectivity index (χ4n) is 14.3. The average Bonchev–Trinajstić information content (AvgIpc) is 3.43. The zero-order chi connectivity index (χ0) is 44.7. The Labute approximate surface area is 378 Å². The third-order valence-electron chi connectivity index (χ3n) is 18.2. The molecule has 10 fully saturated rings. The number of aliphatic hydroxyl groups excluding tert-OH is 2. The maximum Gasteiger partial charge on any atom is 0.306 e. The van der Waals surface area contributed by atoms with Crippen molar-refractivity contribution < 1.29 is 67.1 Å². The quantitative estimate of drug-likeness (QED) is 0.276. The van der Waals surface area contributed by atoms with Gasteiger partial charge in [-0.3, -0.25) is 4.79 Å². The van der Waals surface area contributed by atoms with E-state index in [1.807, 2.05) is 6.92 Å². The molecular formula is C50H74O14. The molecule has 1 unspecified atom stereocenters. The van der Waals surface area contributed by atoms with Crippen molar-refractivity contribution in [3.05, 3.63) is 24.3 Å². The Hall–Kier alpha value is -1.53. The van der Waals surface area contributed by atoms with E-state index in [0.717, 1.165) is 25.7 Å². The highest BCUT2D eigenvalue weighted by molar-refractivity contribution is 5.71. The van der Waals surface area contributed by atoms with Gasteiger partial charge in [-0.1, -0.05) is 32.6 Å². The van der Waals surface area contributed by atoms with Gasteiger partial charge in [0.25, 0.3) is 0 Å². The summed E-state index contributed by atoms with van der Waals surface area (Å²) in [4.78, 5) is 12.3. The lowest BCUT2D eigenvalue weighted by molar-refractivity contribution is -0.356. The molecule has 358 valence electrons. The van der Waals surface area contributed by atoms with Crippen LogP contribution in [0.3, 0.4) is 0 Å². The third-order valence-corrected chi connectivity index (χ3v) is 18.2. The topological polar surface area (TPSA) is 159 Å².